The third kappa shape index (κ3) is 2.86. The Hall–Kier alpha value is -4.19. The first-order valence-corrected chi connectivity index (χ1v) is 9.47. The molecule has 144 valence electrons. The molecule has 0 atom stereocenters. The highest BCUT2D eigenvalue weighted by Gasteiger charge is 2.32. The SMILES string of the molecule is Cc1nc(N/N=C\c2ccccc2)c2ccc3c(c2n1)C(=O)c1ccccc1C3=O. The second-order valence-corrected chi connectivity index (χ2v) is 6.99. The predicted octanol–water partition coefficient (Wildman–Crippen LogP) is 4.16. The smallest absolute Gasteiger partial charge is 0.196 e. The minimum atomic E-state index is -0.206. The quantitative estimate of drug-likeness (QED) is 0.368. The van der Waals surface area contributed by atoms with Gasteiger partial charge in [-0.15, -0.1) is 0 Å². The number of nitrogens with one attached hydrogen (secondary N) is 1. The molecule has 0 bridgehead atoms. The molecule has 0 fully saturated rings. The van der Waals surface area contributed by atoms with Crippen LogP contribution in [0.5, 0.6) is 0 Å². The van der Waals surface area contributed by atoms with Gasteiger partial charge in [-0.1, -0.05) is 54.6 Å². The number of aromatic nitrogens is 2. The zero-order valence-electron chi connectivity index (χ0n) is 16.1. The number of hydrogen-bond acceptors (Lipinski definition) is 6. The van der Waals surface area contributed by atoms with E-state index in [1.165, 1.54) is 0 Å². The number of anilines is 1. The molecule has 1 N–H and O–H groups in total. The third-order valence-corrected chi connectivity index (χ3v) is 5.05. The van der Waals surface area contributed by atoms with Gasteiger partial charge < -0.3 is 0 Å². The Morgan fingerprint density at radius 3 is 2.27 bits per heavy atom. The molecule has 6 nitrogen and oxygen atoms in total. The first-order valence-electron chi connectivity index (χ1n) is 9.47. The minimum absolute atomic E-state index is 0.171. The third-order valence-electron chi connectivity index (χ3n) is 5.05. The maximum atomic E-state index is 13.2. The normalized spacial score (nSPS) is 12.8. The average Bonchev–Trinajstić information content (AvgIpc) is 2.77. The Kier molecular flexibility index (Phi) is 4.17. The van der Waals surface area contributed by atoms with E-state index in [4.69, 9.17) is 0 Å². The fourth-order valence-electron chi connectivity index (χ4n) is 3.68. The first-order chi connectivity index (χ1) is 14.6. The monoisotopic (exact) mass is 392 g/mol. The van der Waals surface area contributed by atoms with Gasteiger partial charge in [-0.05, 0) is 24.6 Å². The lowest BCUT2D eigenvalue weighted by molar-refractivity contribution is 0.0980. The summed E-state index contributed by atoms with van der Waals surface area (Å²) in [7, 11) is 0. The summed E-state index contributed by atoms with van der Waals surface area (Å²) < 4.78 is 0. The van der Waals surface area contributed by atoms with Crippen molar-refractivity contribution < 1.29 is 9.59 Å². The minimum Gasteiger partial charge on any atom is -0.289 e. The molecule has 30 heavy (non-hydrogen) atoms. The predicted molar refractivity (Wildman–Crippen MR) is 115 cm³/mol. The summed E-state index contributed by atoms with van der Waals surface area (Å²) in [6.07, 6.45) is 1.69. The van der Waals surface area contributed by atoms with Crippen molar-refractivity contribution in [1.29, 1.82) is 0 Å². The van der Waals surface area contributed by atoms with Crippen molar-refractivity contribution in [3.63, 3.8) is 0 Å². The summed E-state index contributed by atoms with van der Waals surface area (Å²) >= 11 is 0. The topological polar surface area (TPSA) is 84.3 Å². The lowest BCUT2D eigenvalue weighted by Crippen LogP contribution is -2.21. The van der Waals surface area contributed by atoms with Gasteiger partial charge in [0.15, 0.2) is 17.4 Å². The van der Waals surface area contributed by atoms with Crippen LogP contribution < -0.4 is 5.43 Å². The molecule has 1 heterocycles. The van der Waals surface area contributed by atoms with Crippen molar-refractivity contribution in [2.45, 2.75) is 6.92 Å². The Bertz CT molecular complexity index is 1360. The van der Waals surface area contributed by atoms with Crippen molar-refractivity contribution in [3.8, 4) is 0 Å². The van der Waals surface area contributed by atoms with Crippen molar-refractivity contribution in [3.05, 3.63) is 100 Å². The van der Waals surface area contributed by atoms with E-state index in [1.54, 1.807) is 49.5 Å². The van der Waals surface area contributed by atoms with Crippen LogP contribution in [0.4, 0.5) is 5.82 Å². The van der Waals surface area contributed by atoms with Crippen LogP contribution in [-0.2, 0) is 0 Å². The summed E-state index contributed by atoms with van der Waals surface area (Å²) in [6.45, 7) is 1.74. The molecule has 5 rings (SSSR count). The molecule has 4 aromatic rings. The van der Waals surface area contributed by atoms with E-state index >= 15 is 0 Å². The van der Waals surface area contributed by atoms with Crippen molar-refractivity contribution in [2.24, 2.45) is 5.10 Å². The summed E-state index contributed by atoms with van der Waals surface area (Å²) in [4.78, 5) is 35.1. The van der Waals surface area contributed by atoms with E-state index in [0.29, 0.717) is 44.8 Å². The molecule has 1 aromatic heterocycles. The number of nitrogens with zero attached hydrogens (tertiary/aromatic N) is 3. The van der Waals surface area contributed by atoms with Crippen LogP contribution in [0.2, 0.25) is 0 Å². The number of ketones is 2. The molecule has 6 heteroatoms. The van der Waals surface area contributed by atoms with E-state index < -0.39 is 0 Å². The van der Waals surface area contributed by atoms with E-state index in [2.05, 4.69) is 20.5 Å². The maximum Gasteiger partial charge on any atom is 0.196 e. The van der Waals surface area contributed by atoms with E-state index in [9.17, 15) is 9.59 Å². The number of hydrogen-bond donors (Lipinski definition) is 1. The van der Waals surface area contributed by atoms with Gasteiger partial charge in [-0.2, -0.15) is 5.10 Å². The Morgan fingerprint density at radius 2 is 1.50 bits per heavy atom. The number of benzene rings is 3. The fraction of sp³-hybridized carbons (Fsp3) is 0.0417. The summed E-state index contributed by atoms with van der Waals surface area (Å²) in [5, 5.41) is 4.90. The van der Waals surface area contributed by atoms with Crippen molar-refractivity contribution in [1.82, 2.24) is 9.97 Å². The van der Waals surface area contributed by atoms with Crippen LogP contribution in [0.25, 0.3) is 10.9 Å². The Labute approximate surface area is 172 Å². The summed E-state index contributed by atoms with van der Waals surface area (Å²) in [5.41, 5.74) is 5.84. The van der Waals surface area contributed by atoms with Crippen LogP contribution in [0, 0.1) is 6.92 Å². The van der Waals surface area contributed by atoms with Crippen molar-refractivity contribution in [2.75, 3.05) is 5.43 Å². The van der Waals surface area contributed by atoms with E-state index in [-0.39, 0.29) is 11.6 Å². The highest BCUT2D eigenvalue weighted by molar-refractivity contribution is 6.32. The molecule has 0 amide bonds. The molecular weight excluding hydrogens is 376 g/mol. The van der Waals surface area contributed by atoms with Gasteiger partial charge in [0.25, 0.3) is 0 Å². The van der Waals surface area contributed by atoms with Crippen molar-refractivity contribution >= 4 is 34.5 Å². The maximum absolute atomic E-state index is 13.2. The highest BCUT2D eigenvalue weighted by Crippen LogP contribution is 2.33. The number of fused-ring (bicyclic) bond motifs is 4. The molecule has 1 aliphatic carbocycles. The number of hydrazone groups is 1. The first kappa shape index (κ1) is 17.9. The van der Waals surface area contributed by atoms with Gasteiger partial charge >= 0.3 is 0 Å². The van der Waals surface area contributed by atoms with E-state index in [0.717, 1.165) is 5.56 Å². The van der Waals surface area contributed by atoms with Crippen LogP contribution in [0.1, 0.15) is 43.2 Å². The van der Waals surface area contributed by atoms with Crippen LogP contribution in [-0.4, -0.2) is 27.7 Å². The van der Waals surface area contributed by atoms with Gasteiger partial charge in [0.05, 0.1) is 17.3 Å². The Morgan fingerprint density at radius 1 is 0.800 bits per heavy atom. The van der Waals surface area contributed by atoms with Crippen LogP contribution in [0.3, 0.4) is 0 Å². The lowest BCUT2D eigenvalue weighted by atomic mass is 9.83. The van der Waals surface area contributed by atoms with Gasteiger partial charge in [0.1, 0.15) is 5.82 Å². The molecule has 0 saturated carbocycles. The largest absolute Gasteiger partial charge is 0.289 e. The molecule has 0 spiro atoms. The van der Waals surface area contributed by atoms with E-state index in [1.807, 2.05) is 30.3 Å². The summed E-state index contributed by atoms with van der Waals surface area (Å²) in [5.74, 6) is 0.580. The van der Waals surface area contributed by atoms with Crippen LogP contribution in [0.15, 0.2) is 71.8 Å². The molecular formula is C24H16N4O2. The Balaban J connectivity index is 1.63. The van der Waals surface area contributed by atoms with Gasteiger partial charge in [0, 0.05) is 22.1 Å². The average molecular weight is 392 g/mol. The number of carbonyl (C=O) groups is 2. The molecule has 0 unspecified atom stereocenters. The zero-order valence-corrected chi connectivity index (χ0v) is 16.1. The molecule has 0 aliphatic heterocycles. The fourth-order valence-corrected chi connectivity index (χ4v) is 3.68. The van der Waals surface area contributed by atoms with Gasteiger partial charge in [-0.25, -0.2) is 9.97 Å². The zero-order chi connectivity index (χ0) is 20.7. The van der Waals surface area contributed by atoms with Gasteiger partial charge in [-0.3, -0.25) is 15.0 Å². The molecule has 0 saturated heterocycles. The molecule has 3 aromatic carbocycles. The molecule has 1 aliphatic rings. The van der Waals surface area contributed by atoms with Crippen LogP contribution >= 0.6 is 0 Å². The lowest BCUT2D eigenvalue weighted by Gasteiger charge is -2.19. The number of carbonyl (C=O) groups excluding carboxylic acids is 2. The number of rotatable bonds is 3. The standard InChI is InChI=1S/C24H16N4O2/c1-14-26-21-19(24(27-14)28-25-13-15-7-3-2-4-8-15)12-11-18-20(21)23(30)17-10-6-5-9-16(17)22(18)29/h2-13H,1H3,(H,26,27,28)/b25-13-. The second kappa shape index (κ2) is 7.00. The molecule has 0 radical (unpaired) electrons. The summed E-state index contributed by atoms with van der Waals surface area (Å²) in [6, 6.07) is 20.0. The number of aryl methyl sites for hydroxylation is 1. The second-order valence-electron chi connectivity index (χ2n) is 6.99. The van der Waals surface area contributed by atoms with Gasteiger partial charge in [0.2, 0.25) is 0 Å². The highest BCUT2D eigenvalue weighted by atomic mass is 16.1.